The first-order valence-corrected chi connectivity index (χ1v) is 6.59. The van der Waals surface area contributed by atoms with Gasteiger partial charge in [-0.15, -0.1) is 0 Å². The summed E-state index contributed by atoms with van der Waals surface area (Å²) in [7, 11) is 0. The number of nitrogens with one attached hydrogen (secondary N) is 1. The van der Waals surface area contributed by atoms with E-state index >= 15 is 0 Å². The second kappa shape index (κ2) is 4.87. The minimum Gasteiger partial charge on any atom is -0.380 e. The lowest BCUT2D eigenvalue weighted by atomic mass is 9.70. The topological polar surface area (TPSA) is 12.0 Å². The first-order chi connectivity index (χ1) is 8.37. The molecule has 2 unspecified atom stereocenters. The molecule has 100 valence electrons. The van der Waals surface area contributed by atoms with Gasteiger partial charge in [-0.05, 0) is 48.8 Å². The Balaban J connectivity index is 2.08. The summed E-state index contributed by atoms with van der Waals surface area (Å²) in [6, 6.07) is 3.79. The Kier molecular flexibility index (Phi) is 3.60. The molecule has 0 spiro atoms. The number of anilines is 1. The quantitative estimate of drug-likeness (QED) is 0.812. The van der Waals surface area contributed by atoms with Crippen LogP contribution in [-0.2, 0) is 0 Å². The first-order valence-electron chi connectivity index (χ1n) is 6.59. The van der Waals surface area contributed by atoms with Gasteiger partial charge in [-0.3, -0.25) is 0 Å². The molecule has 1 aliphatic carbocycles. The van der Waals surface area contributed by atoms with Crippen LogP contribution in [0, 0.1) is 23.0 Å². The van der Waals surface area contributed by atoms with Crippen LogP contribution in [0.1, 0.15) is 40.0 Å². The zero-order valence-electron chi connectivity index (χ0n) is 11.3. The molecule has 1 aliphatic rings. The molecular formula is C15H21F2N. The highest BCUT2D eigenvalue weighted by molar-refractivity contribution is 5.46. The van der Waals surface area contributed by atoms with E-state index in [0.717, 1.165) is 25.3 Å². The summed E-state index contributed by atoms with van der Waals surface area (Å²) in [4.78, 5) is 0. The van der Waals surface area contributed by atoms with Gasteiger partial charge in [-0.25, -0.2) is 8.78 Å². The summed E-state index contributed by atoms with van der Waals surface area (Å²) in [6.07, 6.45) is 3.23. The van der Waals surface area contributed by atoms with Gasteiger partial charge in [0, 0.05) is 6.04 Å². The summed E-state index contributed by atoms with van der Waals surface area (Å²) in [5, 5.41) is 3.16. The smallest absolute Gasteiger partial charge is 0.146 e. The van der Waals surface area contributed by atoms with E-state index < -0.39 is 5.82 Å². The Hall–Kier alpha value is -1.12. The summed E-state index contributed by atoms with van der Waals surface area (Å²) >= 11 is 0. The van der Waals surface area contributed by atoms with Crippen LogP contribution in [-0.4, -0.2) is 6.04 Å². The third-order valence-corrected chi connectivity index (χ3v) is 3.96. The van der Waals surface area contributed by atoms with Crippen LogP contribution in [0.5, 0.6) is 0 Å². The number of halogens is 2. The standard InChI is InChI=1S/C15H21F2N/c1-10-9-15(2,3)7-6-13(10)18-14-8-11(16)4-5-12(14)17/h4-5,8,10,13,18H,6-7,9H2,1-3H3. The van der Waals surface area contributed by atoms with E-state index in [1.54, 1.807) is 0 Å². The molecule has 3 heteroatoms. The lowest BCUT2D eigenvalue weighted by Gasteiger charge is -2.40. The Morgan fingerprint density at radius 2 is 2.00 bits per heavy atom. The van der Waals surface area contributed by atoms with Crippen LogP contribution in [0.3, 0.4) is 0 Å². The van der Waals surface area contributed by atoms with Crippen LogP contribution in [0.25, 0.3) is 0 Å². The molecule has 0 amide bonds. The van der Waals surface area contributed by atoms with E-state index in [9.17, 15) is 8.78 Å². The lowest BCUT2D eigenvalue weighted by Crippen LogP contribution is -2.37. The molecule has 0 aromatic heterocycles. The van der Waals surface area contributed by atoms with Crippen LogP contribution in [0.4, 0.5) is 14.5 Å². The molecule has 0 aliphatic heterocycles. The van der Waals surface area contributed by atoms with E-state index in [2.05, 4.69) is 26.1 Å². The predicted molar refractivity (Wildman–Crippen MR) is 70.6 cm³/mol. The summed E-state index contributed by atoms with van der Waals surface area (Å²) in [6.45, 7) is 6.71. The van der Waals surface area contributed by atoms with E-state index in [1.165, 1.54) is 12.1 Å². The minimum absolute atomic E-state index is 0.231. The van der Waals surface area contributed by atoms with E-state index in [4.69, 9.17) is 0 Å². The molecule has 0 heterocycles. The minimum atomic E-state index is -0.400. The molecule has 2 rings (SSSR count). The Morgan fingerprint density at radius 1 is 1.28 bits per heavy atom. The molecule has 1 saturated carbocycles. The van der Waals surface area contributed by atoms with Crippen molar-refractivity contribution >= 4 is 5.69 Å². The fraction of sp³-hybridized carbons (Fsp3) is 0.600. The normalized spacial score (nSPS) is 26.9. The van der Waals surface area contributed by atoms with Crippen molar-refractivity contribution in [3.8, 4) is 0 Å². The highest BCUT2D eigenvalue weighted by atomic mass is 19.1. The van der Waals surface area contributed by atoms with Crippen LogP contribution in [0.2, 0.25) is 0 Å². The maximum absolute atomic E-state index is 13.6. The fourth-order valence-electron chi connectivity index (χ4n) is 2.97. The van der Waals surface area contributed by atoms with Crippen molar-refractivity contribution in [2.45, 2.75) is 46.1 Å². The van der Waals surface area contributed by atoms with Crippen molar-refractivity contribution in [2.24, 2.45) is 11.3 Å². The Morgan fingerprint density at radius 3 is 2.67 bits per heavy atom. The Bertz CT molecular complexity index is 429. The molecule has 18 heavy (non-hydrogen) atoms. The van der Waals surface area contributed by atoms with Crippen molar-refractivity contribution in [3.63, 3.8) is 0 Å². The van der Waals surface area contributed by atoms with Crippen molar-refractivity contribution < 1.29 is 8.78 Å². The number of hydrogen-bond acceptors (Lipinski definition) is 1. The largest absolute Gasteiger partial charge is 0.380 e. The maximum atomic E-state index is 13.6. The van der Waals surface area contributed by atoms with Gasteiger partial charge in [0.1, 0.15) is 11.6 Å². The highest BCUT2D eigenvalue weighted by Gasteiger charge is 2.32. The second-order valence-electron chi connectivity index (χ2n) is 6.26. The number of hydrogen-bond donors (Lipinski definition) is 1. The lowest BCUT2D eigenvalue weighted by molar-refractivity contribution is 0.177. The van der Waals surface area contributed by atoms with Gasteiger partial charge in [0.15, 0.2) is 0 Å². The third kappa shape index (κ3) is 3.01. The van der Waals surface area contributed by atoms with E-state index in [1.807, 2.05) is 0 Å². The van der Waals surface area contributed by atoms with Gasteiger partial charge in [-0.1, -0.05) is 20.8 Å². The monoisotopic (exact) mass is 253 g/mol. The average molecular weight is 253 g/mol. The highest BCUT2D eigenvalue weighted by Crippen LogP contribution is 2.39. The van der Waals surface area contributed by atoms with E-state index in [-0.39, 0.29) is 17.5 Å². The fourth-order valence-corrected chi connectivity index (χ4v) is 2.97. The maximum Gasteiger partial charge on any atom is 0.146 e. The van der Waals surface area contributed by atoms with Crippen molar-refractivity contribution in [1.82, 2.24) is 0 Å². The van der Waals surface area contributed by atoms with Crippen molar-refractivity contribution in [3.05, 3.63) is 29.8 Å². The first kappa shape index (κ1) is 13.3. The second-order valence-corrected chi connectivity index (χ2v) is 6.26. The number of rotatable bonds is 2. The molecule has 2 atom stereocenters. The molecule has 0 radical (unpaired) electrons. The van der Waals surface area contributed by atoms with Gasteiger partial charge < -0.3 is 5.32 Å². The van der Waals surface area contributed by atoms with Crippen LogP contribution < -0.4 is 5.32 Å². The van der Waals surface area contributed by atoms with Crippen LogP contribution >= 0.6 is 0 Å². The molecular weight excluding hydrogens is 232 g/mol. The van der Waals surface area contributed by atoms with Gasteiger partial charge in [0.2, 0.25) is 0 Å². The van der Waals surface area contributed by atoms with Gasteiger partial charge >= 0.3 is 0 Å². The van der Waals surface area contributed by atoms with Gasteiger partial charge in [0.05, 0.1) is 5.69 Å². The van der Waals surface area contributed by atoms with Crippen LogP contribution in [0.15, 0.2) is 18.2 Å². The van der Waals surface area contributed by atoms with E-state index in [0.29, 0.717) is 11.3 Å². The zero-order valence-corrected chi connectivity index (χ0v) is 11.3. The molecule has 1 aromatic carbocycles. The van der Waals surface area contributed by atoms with Crippen molar-refractivity contribution in [1.29, 1.82) is 0 Å². The summed E-state index contributed by atoms with van der Waals surface area (Å²) in [5.74, 6) is -0.312. The summed E-state index contributed by atoms with van der Waals surface area (Å²) in [5.41, 5.74) is 0.643. The zero-order chi connectivity index (χ0) is 13.3. The molecule has 0 bridgehead atoms. The Labute approximate surface area is 108 Å². The predicted octanol–water partition coefficient (Wildman–Crippen LogP) is 4.59. The van der Waals surface area contributed by atoms with Gasteiger partial charge in [-0.2, -0.15) is 0 Å². The average Bonchev–Trinajstić information content (AvgIpc) is 2.26. The van der Waals surface area contributed by atoms with Crippen molar-refractivity contribution in [2.75, 3.05) is 5.32 Å². The summed E-state index contributed by atoms with van der Waals surface area (Å²) < 4.78 is 26.7. The molecule has 1 N–H and O–H groups in total. The third-order valence-electron chi connectivity index (χ3n) is 3.96. The molecule has 1 nitrogen and oxygen atoms in total. The molecule has 0 saturated heterocycles. The molecule has 1 fully saturated rings. The SMILES string of the molecule is CC1CC(C)(C)CCC1Nc1cc(F)ccc1F. The van der Waals surface area contributed by atoms with Gasteiger partial charge in [0.25, 0.3) is 0 Å². The number of benzene rings is 1. The molecule has 1 aromatic rings.